The van der Waals surface area contributed by atoms with Gasteiger partial charge in [-0.1, -0.05) is 53.7 Å². The van der Waals surface area contributed by atoms with Crippen molar-refractivity contribution < 1.29 is 57.5 Å². The lowest BCUT2D eigenvalue weighted by atomic mass is 9.43. The molecule has 3 saturated carbocycles. The van der Waals surface area contributed by atoms with Gasteiger partial charge in [0.1, 0.15) is 30.0 Å². The Hall–Kier alpha value is -4.62. The fourth-order valence-electron chi connectivity index (χ4n) is 9.72. The maximum absolute atomic E-state index is 14.4. The van der Waals surface area contributed by atoms with E-state index < -0.39 is 115 Å². The van der Waals surface area contributed by atoms with Crippen LogP contribution in [0.5, 0.6) is 0 Å². The third kappa shape index (κ3) is 10.9. The number of rotatable bonds is 20. The Balaban J connectivity index is 1.28. The number of carbonyl (C=O) groups excluding carboxylic acids is 5. The predicted octanol–water partition coefficient (Wildman–Crippen LogP) is 1.93. The van der Waals surface area contributed by atoms with E-state index in [0.29, 0.717) is 37.5 Å². The van der Waals surface area contributed by atoms with Gasteiger partial charge in [0.15, 0.2) is 0 Å². The van der Waals surface area contributed by atoms with Gasteiger partial charge in [-0.25, -0.2) is 4.39 Å². The molecular weight excluding hydrogens is 806 g/mol. The van der Waals surface area contributed by atoms with Crippen molar-refractivity contribution in [2.45, 2.75) is 154 Å². The molecule has 1 aromatic rings. The number of likely N-dealkylation sites (tertiary alicyclic amines) is 1. The van der Waals surface area contributed by atoms with Crippen LogP contribution in [0, 0.1) is 34.9 Å². The average Bonchev–Trinajstić information content (AvgIpc) is 3.83. The van der Waals surface area contributed by atoms with Crippen LogP contribution in [0.4, 0.5) is 4.39 Å². The van der Waals surface area contributed by atoms with Crippen molar-refractivity contribution in [3.05, 3.63) is 35.6 Å². The molecule has 5 amide bonds. The van der Waals surface area contributed by atoms with Gasteiger partial charge in [-0.15, -0.1) is 0 Å². The number of nitrogens with two attached hydrogens (primary N) is 1. The van der Waals surface area contributed by atoms with Crippen LogP contribution < -0.4 is 27.0 Å². The topological polar surface area (TPSA) is 256 Å². The SMILES string of the molecule is CC(C)[C@H](NC(=O)[C@H](CCC(=O)O)NC(=O)[C@@H](N)CC(=O)O)C(=O)N[C@H](C(=O)N1CCC[C@H]1C(=O)N[C@@H](CCc1ccc(F)cc1)B1O[C@@H]2C[C@@H]3C[C@H](C3(C)C)[C@]2(C)O1)C(C)C. The van der Waals surface area contributed by atoms with Gasteiger partial charge in [0.25, 0.3) is 0 Å². The maximum Gasteiger partial charge on any atom is 0.481 e. The highest BCUT2D eigenvalue weighted by Crippen LogP contribution is 2.65. The van der Waals surface area contributed by atoms with E-state index in [1.165, 1.54) is 17.0 Å². The highest BCUT2D eigenvalue weighted by molar-refractivity contribution is 6.48. The highest BCUT2D eigenvalue weighted by atomic mass is 19.1. The monoisotopic (exact) mass is 870 g/mol. The molecule has 5 aliphatic rings. The first-order valence-electron chi connectivity index (χ1n) is 21.8. The average molecular weight is 871 g/mol. The van der Waals surface area contributed by atoms with Crippen LogP contribution in [0.15, 0.2) is 24.3 Å². The Morgan fingerprint density at radius 1 is 0.871 bits per heavy atom. The van der Waals surface area contributed by atoms with Crippen molar-refractivity contribution in [1.29, 1.82) is 0 Å². The molecule has 0 radical (unpaired) electrons. The summed E-state index contributed by atoms with van der Waals surface area (Å²) >= 11 is 0. The zero-order valence-corrected chi connectivity index (χ0v) is 36.8. The lowest BCUT2D eigenvalue weighted by Crippen LogP contribution is -2.65. The molecule has 3 aliphatic carbocycles. The fourth-order valence-corrected chi connectivity index (χ4v) is 9.72. The summed E-state index contributed by atoms with van der Waals surface area (Å²) in [7, 11) is -0.750. The Kier molecular flexibility index (Phi) is 15.5. The first-order valence-corrected chi connectivity index (χ1v) is 21.8. The first kappa shape index (κ1) is 48.4. The summed E-state index contributed by atoms with van der Waals surface area (Å²) in [6.07, 6.45) is 1.95. The van der Waals surface area contributed by atoms with Gasteiger partial charge in [0.2, 0.25) is 29.5 Å². The van der Waals surface area contributed by atoms with Gasteiger partial charge in [0, 0.05) is 13.0 Å². The third-order valence-electron chi connectivity index (χ3n) is 13.6. The molecule has 2 heterocycles. The van der Waals surface area contributed by atoms with Gasteiger partial charge in [0.05, 0.1) is 30.1 Å². The second-order valence-electron chi connectivity index (χ2n) is 19.0. The number of carboxylic acids is 2. The molecule has 0 spiro atoms. The second-order valence-corrected chi connectivity index (χ2v) is 19.0. The molecule has 6 rings (SSSR count). The van der Waals surface area contributed by atoms with Crippen LogP contribution >= 0.6 is 0 Å². The maximum atomic E-state index is 14.4. The summed E-state index contributed by atoms with van der Waals surface area (Å²) in [5.74, 6) is -7.26. The molecule has 10 atom stereocenters. The lowest BCUT2D eigenvalue weighted by Gasteiger charge is -2.64. The number of carbonyl (C=O) groups is 7. The van der Waals surface area contributed by atoms with Crippen molar-refractivity contribution in [2.24, 2.45) is 34.8 Å². The molecule has 342 valence electrons. The molecule has 62 heavy (non-hydrogen) atoms. The number of nitrogens with one attached hydrogen (secondary N) is 4. The van der Waals surface area contributed by atoms with E-state index >= 15 is 0 Å². The van der Waals surface area contributed by atoms with E-state index in [-0.39, 0.29) is 30.3 Å². The quantitative estimate of drug-likeness (QED) is 0.0929. The number of halogens is 1. The zero-order valence-electron chi connectivity index (χ0n) is 36.8. The normalized spacial score (nSPS) is 26.0. The first-order chi connectivity index (χ1) is 29.0. The number of hydrogen-bond acceptors (Lipinski definition) is 10. The predicted molar refractivity (Wildman–Crippen MR) is 224 cm³/mol. The summed E-state index contributed by atoms with van der Waals surface area (Å²) in [6, 6.07) is -0.0350. The van der Waals surface area contributed by atoms with Crippen molar-refractivity contribution in [2.75, 3.05) is 6.54 Å². The smallest absolute Gasteiger partial charge is 0.481 e. The van der Waals surface area contributed by atoms with E-state index in [1.807, 2.05) is 0 Å². The minimum Gasteiger partial charge on any atom is -0.481 e. The Bertz CT molecular complexity index is 1850. The van der Waals surface area contributed by atoms with Gasteiger partial charge in [-0.2, -0.15) is 0 Å². The van der Waals surface area contributed by atoms with Crippen LogP contribution in [-0.4, -0.2) is 118 Å². The standard InChI is InChI=1S/C43H64BFN6O11/c1-22(2)35(49-38(57)28(15-17-33(52)53)47-37(56)27(46)21-34(54)55)40(59)50-36(23(3)4)41(60)51-18-8-9-29(51)39(58)48-32(16-12-24-10-13-26(45)14-11-24)44-61-31-20-25-19-30(42(25,5)6)43(31,7)62-44/h10-11,13-14,22-23,25,27-32,35-36H,8-9,12,15-21,46H2,1-7H3,(H,47,56)(H,48,58)(H,49,57)(H,50,59)(H,52,53)(H,54,55)/t25-,27-,28-,29-,30+,31+,32-,35-,36-,43-/m0/s1. The summed E-state index contributed by atoms with van der Waals surface area (Å²) in [5.41, 5.74) is 6.10. The van der Waals surface area contributed by atoms with Crippen LogP contribution in [0.25, 0.3) is 0 Å². The molecule has 1 aromatic carbocycles. The van der Waals surface area contributed by atoms with Gasteiger partial charge >= 0.3 is 19.1 Å². The Morgan fingerprint density at radius 3 is 2.11 bits per heavy atom. The van der Waals surface area contributed by atoms with Crippen molar-refractivity contribution in [3.63, 3.8) is 0 Å². The van der Waals surface area contributed by atoms with Crippen LogP contribution in [0.3, 0.4) is 0 Å². The van der Waals surface area contributed by atoms with Crippen molar-refractivity contribution in [3.8, 4) is 0 Å². The van der Waals surface area contributed by atoms with Crippen LogP contribution in [-0.2, 0) is 49.3 Å². The molecule has 2 bridgehead atoms. The van der Waals surface area contributed by atoms with E-state index in [4.69, 9.17) is 20.1 Å². The second kappa shape index (κ2) is 19.8. The molecular formula is C43H64BFN6O11. The largest absolute Gasteiger partial charge is 0.481 e. The summed E-state index contributed by atoms with van der Waals surface area (Å²) < 4.78 is 27.1. The summed E-state index contributed by atoms with van der Waals surface area (Å²) in [4.78, 5) is 92.6. The molecule has 2 saturated heterocycles. The van der Waals surface area contributed by atoms with Crippen molar-refractivity contribution >= 4 is 48.6 Å². The Morgan fingerprint density at radius 2 is 1.52 bits per heavy atom. The molecule has 19 heteroatoms. The number of benzene rings is 1. The number of amides is 5. The Labute approximate surface area is 362 Å². The third-order valence-corrected chi connectivity index (χ3v) is 13.6. The molecule has 8 N–H and O–H groups in total. The van der Waals surface area contributed by atoms with Crippen LogP contribution in [0.2, 0.25) is 0 Å². The number of aryl methyl sites for hydroxylation is 1. The van der Waals surface area contributed by atoms with E-state index in [2.05, 4.69) is 42.0 Å². The van der Waals surface area contributed by atoms with Gasteiger partial charge < -0.3 is 51.4 Å². The fraction of sp³-hybridized carbons (Fsp3) is 0.698. The van der Waals surface area contributed by atoms with E-state index in [0.717, 1.165) is 18.4 Å². The molecule has 0 unspecified atom stereocenters. The van der Waals surface area contributed by atoms with Gasteiger partial charge in [-0.3, -0.25) is 33.6 Å². The molecule has 5 fully saturated rings. The highest BCUT2D eigenvalue weighted by Gasteiger charge is 2.68. The number of nitrogens with zero attached hydrogens (tertiary/aromatic N) is 1. The van der Waals surface area contributed by atoms with Crippen molar-refractivity contribution in [1.82, 2.24) is 26.2 Å². The molecule has 2 aliphatic heterocycles. The lowest BCUT2D eigenvalue weighted by molar-refractivity contribution is -0.199. The van der Waals surface area contributed by atoms with E-state index in [1.54, 1.807) is 39.8 Å². The minimum absolute atomic E-state index is 0.103. The number of carboxylic acid groups (broad SMARTS) is 2. The number of aliphatic carboxylic acids is 2. The summed E-state index contributed by atoms with van der Waals surface area (Å²) in [6.45, 7) is 13.7. The van der Waals surface area contributed by atoms with Crippen LogP contribution in [0.1, 0.15) is 105 Å². The summed E-state index contributed by atoms with van der Waals surface area (Å²) in [5, 5.41) is 29.1. The van der Waals surface area contributed by atoms with Gasteiger partial charge in [-0.05, 0) is 98.7 Å². The minimum atomic E-state index is -1.52. The molecule has 0 aromatic heterocycles. The zero-order chi connectivity index (χ0) is 45.8. The number of hydrogen-bond donors (Lipinski definition) is 7. The van der Waals surface area contributed by atoms with E-state index in [9.17, 15) is 43.1 Å². The molecule has 17 nitrogen and oxygen atoms in total.